The molecule has 4 rings (SSSR count). The number of amides is 4. The summed E-state index contributed by atoms with van der Waals surface area (Å²) in [7, 11) is 0. The Balaban J connectivity index is 1.64. The van der Waals surface area contributed by atoms with Crippen molar-refractivity contribution in [1.29, 1.82) is 0 Å². The second-order valence-corrected chi connectivity index (χ2v) is 7.82. The molecular formula is C23H17Cl2N3O3. The minimum absolute atomic E-state index is 0.251. The number of hydrogen-bond acceptors (Lipinski definition) is 3. The highest BCUT2D eigenvalue weighted by Gasteiger charge is 2.54. The van der Waals surface area contributed by atoms with Gasteiger partial charge in [-0.2, -0.15) is 0 Å². The standard InChI is InChI=1S/C23H17Cl2N3O3/c24-17-11-12-19(18(25)13-17)26-20(29)14-28-21(30)23(27-22(28)31,15-7-3-1-4-8-15)16-9-5-2-6-10-16/h1-13H,14H2,(H,26,29)(H,27,31). The molecule has 0 bridgehead atoms. The zero-order valence-corrected chi connectivity index (χ0v) is 17.7. The summed E-state index contributed by atoms with van der Waals surface area (Å²) in [6, 6.07) is 21.8. The number of rotatable bonds is 5. The van der Waals surface area contributed by atoms with Crippen LogP contribution in [0.5, 0.6) is 0 Å². The van der Waals surface area contributed by atoms with Gasteiger partial charge in [0.05, 0.1) is 10.7 Å². The van der Waals surface area contributed by atoms with Crippen LogP contribution in [-0.2, 0) is 15.1 Å². The second kappa shape index (κ2) is 8.41. The average molecular weight is 454 g/mol. The van der Waals surface area contributed by atoms with Gasteiger partial charge in [0.1, 0.15) is 6.54 Å². The van der Waals surface area contributed by atoms with Crippen LogP contribution in [0, 0.1) is 0 Å². The fourth-order valence-electron chi connectivity index (χ4n) is 3.58. The van der Waals surface area contributed by atoms with Crippen LogP contribution in [0.15, 0.2) is 78.9 Å². The lowest BCUT2D eigenvalue weighted by molar-refractivity contribution is -0.133. The molecule has 3 aromatic carbocycles. The van der Waals surface area contributed by atoms with Crippen LogP contribution in [-0.4, -0.2) is 29.3 Å². The molecule has 1 saturated heterocycles. The number of nitrogens with zero attached hydrogens (tertiary/aromatic N) is 1. The van der Waals surface area contributed by atoms with Crippen LogP contribution >= 0.6 is 23.2 Å². The highest BCUT2D eigenvalue weighted by atomic mass is 35.5. The second-order valence-electron chi connectivity index (χ2n) is 6.98. The first-order chi connectivity index (χ1) is 14.9. The number of halogens is 2. The third-order valence-corrected chi connectivity index (χ3v) is 5.57. The van der Waals surface area contributed by atoms with E-state index in [4.69, 9.17) is 23.2 Å². The van der Waals surface area contributed by atoms with Crippen LogP contribution in [0.1, 0.15) is 11.1 Å². The minimum atomic E-state index is -1.42. The van der Waals surface area contributed by atoms with Crippen molar-refractivity contribution in [3.63, 3.8) is 0 Å². The van der Waals surface area contributed by atoms with Gasteiger partial charge >= 0.3 is 6.03 Å². The Kier molecular flexibility index (Phi) is 5.67. The molecule has 0 atom stereocenters. The SMILES string of the molecule is O=C(CN1C(=O)NC(c2ccccc2)(c2ccccc2)C1=O)Nc1ccc(Cl)cc1Cl. The predicted octanol–water partition coefficient (Wildman–Crippen LogP) is 4.43. The molecule has 1 aliphatic heterocycles. The van der Waals surface area contributed by atoms with Gasteiger partial charge in [-0.1, -0.05) is 83.9 Å². The maximum atomic E-state index is 13.6. The van der Waals surface area contributed by atoms with E-state index < -0.39 is 29.9 Å². The number of anilines is 1. The third kappa shape index (κ3) is 3.87. The van der Waals surface area contributed by atoms with Crippen molar-refractivity contribution in [2.24, 2.45) is 0 Å². The highest BCUT2D eigenvalue weighted by Crippen LogP contribution is 2.36. The molecule has 4 amide bonds. The molecular weight excluding hydrogens is 437 g/mol. The Hall–Kier alpha value is -3.35. The zero-order valence-electron chi connectivity index (χ0n) is 16.1. The number of urea groups is 1. The van der Waals surface area contributed by atoms with E-state index in [1.165, 1.54) is 6.07 Å². The lowest BCUT2D eigenvalue weighted by Crippen LogP contribution is -2.45. The maximum Gasteiger partial charge on any atom is 0.326 e. The molecule has 0 radical (unpaired) electrons. The van der Waals surface area contributed by atoms with Gasteiger partial charge in [0.15, 0.2) is 5.54 Å². The lowest BCUT2D eigenvalue weighted by Gasteiger charge is -2.28. The molecule has 1 fully saturated rings. The van der Waals surface area contributed by atoms with Crippen molar-refractivity contribution in [2.45, 2.75) is 5.54 Å². The summed E-state index contributed by atoms with van der Waals surface area (Å²) in [4.78, 5) is 39.9. The number of carbonyl (C=O) groups is 3. The molecule has 156 valence electrons. The predicted molar refractivity (Wildman–Crippen MR) is 119 cm³/mol. The topological polar surface area (TPSA) is 78.5 Å². The fraction of sp³-hybridized carbons (Fsp3) is 0.0870. The number of carbonyl (C=O) groups excluding carboxylic acids is 3. The summed E-state index contributed by atoms with van der Waals surface area (Å²) >= 11 is 12.0. The first kappa shape index (κ1) is 20.9. The molecule has 0 aromatic heterocycles. The minimum Gasteiger partial charge on any atom is -0.323 e. The van der Waals surface area contributed by atoms with Crippen molar-refractivity contribution >= 4 is 46.7 Å². The quantitative estimate of drug-likeness (QED) is 0.560. The molecule has 0 saturated carbocycles. The van der Waals surface area contributed by atoms with E-state index in [1.807, 2.05) is 12.1 Å². The van der Waals surface area contributed by atoms with E-state index in [-0.39, 0.29) is 5.02 Å². The van der Waals surface area contributed by atoms with Crippen molar-refractivity contribution in [3.05, 3.63) is 100 Å². The van der Waals surface area contributed by atoms with E-state index >= 15 is 0 Å². The van der Waals surface area contributed by atoms with Gasteiger partial charge in [-0.15, -0.1) is 0 Å². The largest absolute Gasteiger partial charge is 0.326 e. The third-order valence-electron chi connectivity index (χ3n) is 5.03. The molecule has 31 heavy (non-hydrogen) atoms. The molecule has 0 aliphatic carbocycles. The average Bonchev–Trinajstić information content (AvgIpc) is 3.02. The summed E-state index contributed by atoms with van der Waals surface area (Å²) < 4.78 is 0. The number of benzene rings is 3. The van der Waals surface area contributed by atoms with Crippen LogP contribution < -0.4 is 10.6 Å². The van der Waals surface area contributed by atoms with Crippen LogP contribution in [0.4, 0.5) is 10.5 Å². The molecule has 8 heteroatoms. The first-order valence-electron chi connectivity index (χ1n) is 9.42. The Labute approximate surface area is 188 Å². The van der Waals surface area contributed by atoms with Gasteiger partial charge in [0.25, 0.3) is 5.91 Å². The van der Waals surface area contributed by atoms with Crippen molar-refractivity contribution in [1.82, 2.24) is 10.2 Å². The number of hydrogen-bond donors (Lipinski definition) is 2. The summed E-state index contributed by atoms with van der Waals surface area (Å²) in [5, 5.41) is 6.09. The van der Waals surface area contributed by atoms with E-state index in [1.54, 1.807) is 60.7 Å². The molecule has 0 spiro atoms. The van der Waals surface area contributed by atoms with Gasteiger partial charge in [0.2, 0.25) is 5.91 Å². The number of nitrogens with one attached hydrogen (secondary N) is 2. The van der Waals surface area contributed by atoms with Crippen LogP contribution in [0.2, 0.25) is 10.0 Å². The highest BCUT2D eigenvalue weighted by molar-refractivity contribution is 6.36. The van der Waals surface area contributed by atoms with E-state index in [2.05, 4.69) is 10.6 Å². The van der Waals surface area contributed by atoms with Crippen LogP contribution in [0.25, 0.3) is 0 Å². The smallest absolute Gasteiger partial charge is 0.323 e. The van der Waals surface area contributed by atoms with Gasteiger partial charge in [-0.05, 0) is 29.3 Å². The molecule has 1 heterocycles. The Morgan fingerprint density at radius 3 is 2.03 bits per heavy atom. The zero-order chi connectivity index (χ0) is 22.0. The van der Waals surface area contributed by atoms with Gasteiger partial charge < -0.3 is 10.6 Å². The van der Waals surface area contributed by atoms with Gasteiger partial charge in [0, 0.05) is 5.02 Å². The number of imide groups is 1. The lowest BCUT2D eigenvalue weighted by atomic mass is 9.82. The van der Waals surface area contributed by atoms with E-state index in [9.17, 15) is 14.4 Å². The molecule has 2 N–H and O–H groups in total. The molecule has 0 unspecified atom stereocenters. The Morgan fingerprint density at radius 2 is 1.48 bits per heavy atom. The van der Waals surface area contributed by atoms with Crippen molar-refractivity contribution < 1.29 is 14.4 Å². The molecule has 6 nitrogen and oxygen atoms in total. The van der Waals surface area contributed by atoms with E-state index in [0.29, 0.717) is 21.8 Å². The monoisotopic (exact) mass is 453 g/mol. The van der Waals surface area contributed by atoms with Crippen molar-refractivity contribution in [3.8, 4) is 0 Å². The van der Waals surface area contributed by atoms with E-state index in [0.717, 1.165) is 4.90 Å². The Bertz CT molecular complexity index is 1110. The summed E-state index contributed by atoms with van der Waals surface area (Å²) in [5.74, 6) is -1.10. The maximum absolute atomic E-state index is 13.6. The van der Waals surface area contributed by atoms with Crippen molar-refractivity contribution in [2.75, 3.05) is 11.9 Å². The van der Waals surface area contributed by atoms with Gasteiger partial charge in [-0.3, -0.25) is 14.5 Å². The summed E-state index contributed by atoms with van der Waals surface area (Å²) in [6.07, 6.45) is 0. The van der Waals surface area contributed by atoms with Crippen LogP contribution in [0.3, 0.4) is 0 Å². The molecule has 3 aromatic rings. The normalized spacial score (nSPS) is 15.0. The Morgan fingerprint density at radius 1 is 0.903 bits per heavy atom. The van der Waals surface area contributed by atoms with Gasteiger partial charge in [-0.25, -0.2) is 4.79 Å². The fourth-order valence-corrected chi connectivity index (χ4v) is 4.03. The molecule has 1 aliphatic rings. The summed E-state index contributed by atoms with van der Waals surface area (Å²) in [6.45, 7) is -0.467. The first-order valence-corrected chi connectivity index (χ1v) is 10.2. The summed E-state index contributed by atoms with van der Waals surface area (Å²) in [5.41, 5.74) is 0.115.